The summed E-state index contributed by atoms with van der Waals surface area (Å²) in [5.74, 6) is -2.39. The quantitative estimate of drug-likeness (QED) is 0.543. The molecule has 0 bridgehead atoms. The van der Waals surface area contributed by atoms with Crippen molar-refractivity contribution in [3.63, 3.8) is 0 Å². The van der Waals surface area contributed by atoms with E-state index in [2.05, 4.69) is 9.97 Å². The number of aromatic nitrogens is 2. The highest BCUT2D eigenvalue weighted by molar-refractivity contribution is 6.07. The third-order valence-corrected chi connectivity index (χ3v) is 4.16. The molecule has 27 heavy (non-hydrogen) atoms. The molecule has 1 heterocycles. The minimum atomic E-state index is -1.33. The molecule has 2 amide bonds. The van der Waals surface area contributed by atoms with E-state index in [1.54, 1.807) is 36.5 Å². The third kappa shape index (κ3) is 5.75. The fourth-order valence-corrected chi connectivity index (χ4v) is 2.76. The van der Waals surface area contributed by atoms with Gasteiger partial charge in [0, 0.05) is 24.6 Å². The summed E-state index contributed by atoms with van der Waals surface area (Å²) in [6.07, 6.45) is 5.06. The van der Waals surface area contributed by atoms with Crippen LogP contribution in [0.15, 0.2) is 42.9 Å². The number of unbranched alkanes of at least 4 members (excludes halogenated alkanes) is 2. The van der Waals surface area contributed by atoms with E-state index < -0.39 is 23.8 Å². The number of nitrogens with zero attached hydrogens (tertiary/aromatic N) is 2. The topological polar surface area (TPSA) is 129 Å². The van der Waals surface area contributed by atoms with E-state index in [1.165, 1.54) is 6.33 Å². The molecule has 0 fully saturated rings. The standard InChI is InChI=1S/C19H24N4O4/c20-10-6-2-5-9-17(24)23(18(25)14-7-3-1-4-8-14)16(19(26)27)11-15-12-21-13-22-15/h1,3-4,7-8,12-13,16H,2,5-6,9-11,20H2,(H,21,22)(H,26,27)/t16-/m0/s1. The zero-order valence-corrected chi connectivity index (χ0v) is 15.0. The predicted octanol–water partition coefficient (Wildman–Crippen LogP) is 1.59. The van der Waals surface area contributed by atoms with Crippen LogP contribution in [0.5, 0.6) is 0 Å². The number of benzene rings is 1. The number of imide groups is 1. The SMILES string of the molecule is NCCCCCC(=O)N(C(=O)c1ccccc1)[C@@H](Cc1c[nH]cn1)C(=O)O. The lowest BCUT2D eigenvalue weighted by molar-refractivity contribution is -0.148. The Balaban J connectivity index is 2.27. The lowest BCUT2D eigenvalue weighted by Gasteiger charge is -2.27. The van der Waals surface area contributed by atoms with Crippen LogP contribution in [0.2, 0.25) is 0 Å². The van der Waals surface area contributed by atoms with Crippen LogP contribution in [0.1, 0.15) is 41.7 Å². The number of H-pyrrole nitrogens is 1. The van der Waals surface area contributed by atoms with Crippen molar-refractivity contribution in [1.82, 2.24) is 14.9 Å². The number of amides is 2. The maximum Gasteiger partial charge on any atom is 0.327 e. The Bertz CT molecular complexity index is 746. The number of hydrogen-bond acceptors (Lipinski definition) is 5. The average Bonchev–Trinajstić information content (AvgIpc) is 3.18. The first-order valence-corrected chi connectivity index (χ1v) is 8.86. The summed E-state index contributed by atoms with van der Waals surface area (Å²) < 4.78 is 0. The second kappa shape index (κ2) is 10.2. The van der Waals surface area contributed by atoms with Crippen molar-refractivity contribution in [2.75, 3.05) is 6.54 Å². The molecule has 144 valence electrons. The van der Waals surface area contributed by atoms with Gasteiger partial charge in [0.1, 0.15) is 6.04 Å². The number of carboxylic acid groups (broad SMARTS) is 1. The van der Waals surface area contributed by atoms with E-state index in [9.17, 15) is 19.5 Å². The normalized spacial score (nSPS) is 11.7. The first-order chi connectivity index (χ1) is 13.0. The highest BCUT2D eigenvalue weighted by atomic mass is 16.4. The summed E-state index contributed by atoms with van der Waals surface area (Å²) in [5.41, 5.74) is 6.18. The molecular weight excluding hydrogens is 348 g/mol. The molecule has 0 radical (unpaired) electrons. The molecule has 2 rings (SSSR count). The molecule has 1 aromatic heterocycles. The van der Waals surface area contributed by atoms with Crippen LogP contribution in [0.25, 0.3) is 0 Å². The van der Waals surface area contributed by atoms with Crippen molar-refractivity contribution in [2.45, 2.75) is 38.1 Å². The second-order valence-corrected chi connectivity index (χ2v) is 6.15. The molecule has 0 saturated heterocycles. The number of rotatable bonds is 10. The van der Waals surface area contributed by atoms with Gasteiger partial charge in [-0.05, 0) is 31.5 Å². The number of imidazole rings is 1. The number of carbonyl (C=O) groups excluding carboxylic acids is 2. The van der Waals surface area contributed by atoms with E-state index in [4.69, 9.17) is 5.73 Å². The van der Waals surface area contributed by atoms with Crippen LogP contribution in [0.3, 0.4) is 0 Å². The molecule has 4 N–H and O–H groups in total. The van der Waals surface area contributed by atoms with Crippen LogP contribution in [0, 0.1) is 0 Å². The van der Waals surface area contributed by atoms with Crippen LogP contribution in [-0.4, -0.2) is 50.3 Å². The number of carbonyl (C=O) groups is 3. The smallest absolute Gasteiger partial charge is 0.327 e. The molecular formula is C19H24N4O4. The largest absolute Gasteiger partial charge is 0.480 e. The number of nitrogens with one attached hydrogen (secondary N) is 1. The van der Waals surface area contributed by atoms with Crippen LogP contribution < -0.4 is 5.73 Å². The van der Waals surface area contributed by atoms with Gasteiger partial charge < -0.3 is 15.8 Å². The van der Waals surface area contributed by atoms with Crippen LogP contribution in [-0.2, 0) is 16.0 Å². The number of carboxylic acids is 1. The number of aromatic amines is 1. The third-order valence-electron chi connectivity index (χ3n) is 4.16. The summed E-state index contributed by atoms with van der Waals surface area (Å²) in [6, 6.07) is 6.87. The number of aliphatic carboxylic acids is 1. The average molecular weight is 372 g/mol. The van der Waals surface area contributed by atoms with Crippen LogP contribution >= 0.6 is 0 Å². The van der Waals surface area contributed by atoms with Gasteiger partial charge >= 0.3 is 5.97 Å². The summed E-state index contributed by atoms with van der Waals surface area (Å²) in [5, 5.41) is 9.70. The number of hydrogen-bond donors (Lipinski definition) is 3. The van der Waals surface area contributed by atoms with Crippen molar-refractivity contribution < 1.29 is 19.5 Å². The highest BCUT2D eigenvalue weighted by Crippen LogP contribution is 2.16. The Morgan fingerprint density at radius 1 is 1.15 bits per heavy atom. The van der Waals surface area contributed by atoms with Gasteiger partial charge in [-0.2, -0.15) is 0 Å². The van der Waals surface area contributed by atoms with E-state index in [0.717, 1.165) is 17.7 Å². The van der Waals surface area contributed by atoms with E-state index in [0.29, 0.717) is 18.7 Å². The Kier molecular flexibility index (Phi) is 7.69. The molecule has 0 unspecified atom stereocenters. The van der Waals surface area contributed by atoms with Crippen LogP contribution in [0.4, 0.5) is 0 Å². The Hall–Kier alpha value is -3.00. The lowest BCUT2D eigenvalue weighted by Crippen LogP contribution is -2.49. The van der Waals surface area contributed by atoms with E-state index in [-0.39, 0.29) is 18.4 Å². The maximum absolute atomic E-state index is 12.9. The molecule has 0 aliphatic carbocycles. The highest BCUT2D eigenvalue weighted by Gasteiger charge is 2.35. The zero-order chi connectivity index (χ0) is 19.6. The molecule has 1 aromatic carbocycles. The van der Waals surface area contributed by atoms with Crippen molar-refractivity contribution in [3.8, 4) is 0 Å². The van der Waals surface area contributed by atoms with Crippen molar-refractivity contribution in [2.24, 2.45) is 5.73 Å². The fraction of sp³-hybridized carbons (Fsp3) is 0.368. The molecule has 8 heteroatoms. The maximum atomic E-state index is 12.9. The van der Waals surface area contributed by atoms with E-state index >= 15 is 0 Å². The minimum absolute atomic E-state index is 0.0635. The van der Waals surface area contributed by atoms with Crippen molar-refractivity contribution >= 4 is 17.8 Å². The molecule has 0 spiro atoms. The van der Waals surface area contributed by atoms with Gasteiger partial charge in [0.05, 0.1) is 12.0 Å². The molecule has 8 nitrogen and oxygen atoms in total. The Morgan fingerprint density at radius 2 is 1.89 bits per heavy atom. The van der Waals surface area contributed by atoms with Crippen molar-refractivity contribution in [3.05, 3.63) is 54.1 Å². The number of nitrogens with two attached hydrogens (primary N) is 1. The summed E-state index contributed by atoms with van der Waals surface area (Å²) in [6.45, 7) is 0.526. The predicted molar refractivity (Wildman–Crippen MR) is 98.9 cm³/mol. The second-order valence-electron chi connectivity index (χ2n) is 6.15. The first kappa shape index (κ1) is 20.3. The summed E-state index contributed by atoms with van der Waals surface area (Å²) >= 11 is 0. The van der Waals surface area contributed by atoms with Gasteiger partial charge in [0.25, 0.3) is 5.91 Å². The van der Waals surface area contributed by atoms with Gasteiger partial charge in [0.2, 0.25) is 5.91 Å². The van der Waals surface area contributed by atoms with Gasteiger partial charge in [-0.15, -0.1) is 0 Å². The first-order valence-electron chi connectivity index (χ1n) is 8.86. The van der Waals surface area contributed by atoms with Gasteiger partial charge in [-0.1, -0.05) is 24.6 Å². The fourth-order valence-electron chi connectivity index (χ4n) is 2.76. The molecule has 0 aliphatic heterocycles. The molecule has 2 aromatic rings. The van der Waals surface area contributed by atoms with E-state index in [1.807, 2.05) is 0 Å². The zero-order valence-electron chi connectivity index (χ0n) is 15.0. The monoisotopic (exact) mass is 372 g/mol. The summed E-state index contributed by atoms with van der Waals surface area (Å²) in [4.78, 5) is 45.2. The Morgan fingerprint density at radius 3 is 2.48 bits per heavy atom. The van der Waals surface area contributed by atoms with Gasteiger partial charge in [-0.3, -0.25) is 14.5 Å². The van der Waals surface area contributed by atoms with Crippen molar-refractivity contribution in [1.29, 1.82) is 0 Å². The summed E-state index contributed by atoms with van der Waals surface area (Å²) in [7, 11) is 0. The molecule has 1 atom stereocenters. The molecule has 0 saturated carbocycles. The lowest BCUT2D eigenvalue weighted by atomic mass is 10.1. The molecule has 0 aliphatic rings. The Labute approximate surface area is 157 Å². The minimum Gasteiger partial charge on any atom is -0.480 e. The van der Waals surface area contributed by atoms with Gasteiger partial charge in [-0.25, -0.2) is 9.78 Å². The van der Waals surface area contributed by atoms with Gasteiger partial charge in [0.15, 0.2) is 0 Å².